The normalized spacial score (nSPS) is 19.6. The summed E-state index contributed by atoms with van der Waals surface area (Å²) in [6, 6.07) is 0.966. The van der Waals surface area contributed by atoms with Crippen molar-refractivity contribution in [2.75, 3.05) is 18.8 Å². The van der Waals surface area contributed by atoms with Gasteiger partial charge in [0.1, 0.15) is 11.9 Å². The summed E-state index contributed by atoms with van der Waals surface area (Å²) >= 11 is 5.82. The Hall–Kier alpha value is -1.82. The molecule has 1 saturated heterocycles. The zero-order valence-corrected chi connectivity index (χ0v) is 10.6. The Morgan fingerprint density at radius 2 is 2.39 bits per heavy atom. The molecule has 1 fully saturated rings. The summed E-state index contributed by atoms with van der Waals surface area (Å²) in [5.74, 6) is -0.256. The van der Waals surface area contributed by atoms with Crippen LogP contribution >= 0.6 is 11.6 Å². The van der Waals surface area contributed by atoms with Crippen LogP contribution in [0.4, 0.5) is 5.82 Å². The van der Waals surface area contributed by atoms with E-state index in [0.29, 0.717) is 18.7 Å². The van der Waals surface area contributed by atoms with Crippen molar-refractivity contribution >= 4 is 29.2 Å². The number of nitrogen functional groups attached to an aromatic ring is 1. The van der Waals surface area contributed by atoms with E-state index in [0.717, 1.165) is 0 Å². The number of hydrogen-bond acceptors (Lipinski definition) is 4. The van der Waals surface area contributed by atoms with E-state index < -0.39 is 6.04 Å². The Balaban J connectivity index is 2.25. The van der Waals surface area contributed by atoms with Gasteiger partial charge in [-0.25, -0.2) is 4.98 Å². The summed E-state index contributed by atoms with van der Waals surface area (Å²) in [6.45, 7) is 2.59. The van der Waals surface area contributed by atoms with E-state index in [1.54, 1.807) is 6.92 Å². The van der Waals surface area contributed by atoms with E-state index in [4.69, 9.17) is 17.3 Å². The van der Waals surface area contributed by atoms with Crippen molar-refractivity contribution in [3.63, 3.8) is 0 Å². The number of piperazine rings is 1. The number of carbonyl (C=O) groups excluding carboxylic acids is 2. The Bertz CT molecular complexity index is 506. The molecule has 0 spiro atoms. The summed E-state index contributed by atoms with van der Waals surface area (Å²) in [4.78, 5) is 29.0. The first-order chi connectivity index (χ1) is 8.50. The topological polar surface area (TPSA) is 88.3 Å². The Kier molecular flexibility index (Phi) is 3.38. The molecule has 6 nitrogen and oxygen atoms in total. The summed E-state index contributed by atoms with van der Waals surface area (Å²) in [6.07, 6.45) is 1.36. The largest absolute Gasteiger partial charge is 0.382 e. The zero-order chi connectivity index (χ0) is 13.3. The van der Waals surface area contributed by atoms with Crippen molar-refractivity contribution in [1.82, 2.24) is 15.2 Å². The average molecular weight is 269 g/mol. The fourth-order valence-electron chi connectivity index (χ4n) is 1.79. The maximum Gasteiger partial charge on any atom is 0.256 e. The molecule has 2 heterocycles. The van der Waals surface area contributed by atoms with Crippen molar-refractivity contribution in [3.8, 4) is 0 Å². The Morgan fingerprint density at radius 1 is 1.67 bits per heavy atom. The lowest BCUT2D eigenvalue weighted by Crippen LogP contribution is -2.55. The first-order valence-electron chi connectivity index (χ1n) is 5.50. The second kappa shape index (κ2) is 4.81. The number of halogens is 1. The van der Waals surface area contributed by atoms with Crippen LogP contribution in [0.15, 0.2) is 12.3 Å². The summed E-state index contributed by atoms with van der Waals surface area (Å²) in [5.41, 5.74) is 5.81. The van der Waals surface area contributed by atoms with Crippen molar-refractivity contribution < 1.29 is 9.59 Å². The molecule has 2 rings (SSSR count). The van der Waals surface area contributed by atoms with E-state index in [1.165, 1.54) is 17.2 Å². The van der Waals surface area contributed by atoms with Crippen LogP contribution < -0.4 is 11.1 Å². The van der Waals surface area contributed by atoms with Crippen molar-refractivity contribution in [1.29, 1.82) is 0 Å². The fourth-order valence-corrected chi connectivity index (χ4v) is 1.96. The number of amides is 2. The number of pyridine rings is 1. The molecular formula is C11H13ClN4O2. The van der Waals surface area contributed by atoms with Crippen LogP contribution in [0.25, 0.3) is 0 Å². The highest BCUT2D eigenvalue weighted by Gasteiger charge is 2.30. The third-order valence-electron chi connectivity index (χ3n) is 2.88. The van der Waals surface area contributed by atoms with Crippen LogP contribution in [0, 0.1) is 0 Å². The highest BCUT2D eigenvalue weighted by atomic mass is 35.5. The van der Waals surface area contributed by atoms with Gasteiger partial charge in [-0.3, -0.25) is 9.59 Å². The van der Waals surface area contributed by atoms with Crippen molar-refractivity contribution in [3.05, 3.63) is 22.8 Å². The lowest BCUT2D eigenvalue weighted by atomic mass is 10.1. The number of carbonyl (C=O) groups is 2. The number of nitrogens with one attached hydrogen (secondary N) is 1. The zero-order valence-electron chi connectivity index (χ0n) is 9.81. The van der Waals surface area contributed by atoms with Gasteiger partial charge in [-0.05, 0) is 13.0 Å². The third-order valence-corrected chi connectivity index (χ3v) is 3.18. The van der Waals surface area contributed by atoms with Crippen molar-refractivity contribution in [2.45, 2.75) is 13.0 Å². The molecule has 1 aliphatic heterocycles. The molecule has 1 aromatic heterocycles. The molecular weight excluding hydrogens is 256 g/mol. The third kappa shape index (κ3) is 2.24. The Morgan fingerprint density at radius 3 is 3.06 bits per heavy atom. The number of hydrogen-bond donors (Lipinski definition) is 2. The van der Waals surface area contributed by atoms with E-state index in [1.807, 2.05) is 0 Å². The van der Waals surface area contributed by atoms with Crippen molar-refractivity contribution in [2.24, 2.45) is 0 Å². The van der Waals surface area contributed by atoms with Gasteiger partial charge in [-0.1, -0.05) is 11.6 Å². The predicted octanol–water partition coefficient (Wildman–Crippen LogP) is 0.278. The quantitative estimate of drug-likeness (QED) is 0.766. The van der Waals surface area contributed by atoms with Gasteiger partial charge in [0, 0.05) is 19.3 Å². The van der Waals surface area contributed by atoms with E-state index >= 15 is 0 Å². The minimum atomic E-state index is -0.498. The van der Waals surface area contributed by atoms with Gasteiger partial charge in [0.05, 0.1) is 10.6 Å². The molecule has 7 heteroatoms. The molecule has 0 bridgehead atoms. The van der Waals surface area contributed by atoms with Crippen LogP contribution in [0.3, 0.4) is 0 Å². The summed E-state index contributed by atoms with van der Waals surface area (Å²) in [7, 11) is 0. The smallest absolute Gasteiger partial charge is 0.256 e. The van der Waals surface area contributed by atoms with Gasteiger partial charge in [0.25, 0.3) is 5.91 Å². The minimum Gasteiger partial charge on any atom is -0.382 e. The maximum absolute atomic E-state index is 12.2. The first-order valence-corrected chi connectivity index (χ1v) is 5.88. The van der Waals surface area contributed by atoms with Crippen LogP contribution in [-0.2, 0) is 4.79 Å². The number of nitrogens with two attached hydrogens (primary N) is 1. The second-order valence-corrected chi connectivity index (χ2v) is 4.46. The Labute approximate surface area is 109 Å². The molecule has 1 aromatic rings. The average Bonchev–Trinajstić information content (AvgIpc) is 2.35. The molecule has 0 radical (unpaired) electrons. The van der Waals surface area contributed by atoms with Gasteiger partial charge in [0.2, 0.25) is 5.91 Å². The molecule has 3 N–H and O–H groups in total. The predicted molar refractivity (Wildman–Crippen MR) is 67.2 cm³/mol. The minimum absolute atomic E-state index is 0.163. The van der Waals surface area contributed by atoms with Gasteiger partial charge < -0.3 is 16.0 Å². The molecule has 1 unspecified atom stereocenters. The van der Waals surface area contributed by atoms with Gasteiger partial charge in [-0.15, -0.1) is 0 Å². The number of aromatic nitrogens is 1. The number of rotatable bonds is 1. The SMILES string of the molecule is CC1C(=O)NCCN1C(=O)c1cnc(N)c(Cl)c1. The summed E-state index contributed by atoms with van der Waals surface area (Å²) < 4.78 is 0. The lowest BCUT2D eigenvalue weighted by Gasteiger charge is -2.32. The molecule has 1 aliphatic rings. The number of anilines is 1. The van der Waals surface area contributed by atoms with Crippen LogP contribution in [0.5, 0.6) is 0 Å². The standard InChI is InChI=1S/C11H13ClN4O2/c1-6-10(17)14-2-3-16(6)11(18)7-4-8(12)9(13)15-5-7/h4-6H,2-3H2,1H3,(H2,13,15)(H,14,17). The van der Waals surface area contributed by atoms with E-state index in [2.05, 4.69) is 10.3 Å². The van der Waals surface area contributed by atoms with Gasteiger partial charge >= 0.3 is 0 Å². The second-order valence-electron chi connectivity index (χ2n) is 4.06. The van der Waals surface area contributed by atoms with E-state index in [9.17, 15) is 9.59 Å². The van der Waals surface area contributed by atoms with Crippen LogP contribution in [0.1, 0.15) is 17.3 Å². The van der Waals surface area contributed by atoms with Crippen LogP contribution in [-0.4, -0.2) is 40.8 Å². The first kappa shape index (κ1) is 12.6. The molecule has 1 atom stereocenters. The molecule has 0 aromatic carbocycles. The number of nitrogens with zero attached hydrogens (tertiary/aromatic N) is 2. The molecule has 2 amide bonds. The summed E-state index contributed by atoms with van der Waals surface area (Å²) in [5, 5.41) is 2.93. The fraction of sp³-hybridized carbons (Fsp3) is 0.364. The van der Waals surface area contributed by atoms with Gasteiger partial charge in [0.15, 0.2) is 0 Å². The van der Waals surface area contributed by atoms with Gasteiger partial charge in [-0.2, -0.15) is 0 Å². The maximum atomic E-state index is 12.2. The molecule has 18 heavy (non-hydrogen) atoms. The lowest BCUT2D eigenvalue weighted by molar-refractivity contribution is -0.127. The van der Waals surface area contributed by atoms with Crippen LogP contribution in [0.2, 0.25) is 5.02 Å². The molecule has 96 valence electrons. The highest BCUT2D eigenvalue weighted by Crippen LogP contribution is 2.19. The molecule has 0 aliphatic carbocycles. The molecule has 0 saturated carbocycles. The van der Waals surface area contributed by atoms with E-state index in [-0.39, 0.29) is 22.7 Å². The monoisotopic (exact) mass is 268 g/mol. The highest BCUT2D eigenvalue weighted by molar-refractivity contribution is 6.33.